The molecule has 4 nitrogen and oxygen atoms in total. The second-order valence-electron chi connectivity index (χ2n) is 5.62. The molecule has 122 valence electrons. The van der Waals surface area contributed by atoms with Gasteiger partial charge in [0, 0.05) is 11.3 Å². The number of carbonyl (C=O) groups is 1. The van der Waals surface area contributed by atoms with E-state index in [0.717, 1.165) is 6.42 Å². The summed E-state index contributed by atoms with van der Waals surface area (Å²) in [6, 6.07) is 13.3. The van der Waals surface area contributed by atoms with Crippen molar-refractivity contribution < 1.29 is 13.2 Å². The minimum atomic E-state index is -3.66. The molecule has 2 aromatic carbocycles. The Hall–Kier alpha value is -2.14. The smallest absolute Gasteiger partial charge is 0.261 e. The van der Waals surface area contributed by atoms with Crippen LogP contribution in [-0.2, 0) is 10.0 Å². The summed E-state index contributed by atoms with van der Waals surface area (Å²) in [5, 5.41) is 0. The normalized spacial score (nSPS) is 12.7. The largest absolute Gasteiger partial charge is 0.295 e. The Morgan fingerprint density at radius 3 is 2.09 bits per heavy atom. The van der Waals surface area contributed by atoms with Crippen LogP contribution in [0, 0.1) is 0 Å². The highest BCUT2D eigenvalue weighted by Gasteiger charge is 2.14. The van der Waals surface area contributed by atoms with Gasteiger partial charge in [0.1, 0.15) is 0 Å². The summed E-state index contributed by atoms with van der Waals surface area (Å²) in [5.74, 6) is 0.349. The van der Waals surface area contributed by atoms with Gasteiger partial charge in [-0.15, -0.1) is 0 Å². The molecule has 0 radical (unpaired) electrons. The van der Waals surface area contributed by atoms with Gasteiger partial charge in [0.25, 0.3) is 10.0 Å². The van der Waals surface area contributed by atoms with E-state index in [2.05, 4.69) is 18.6 Å². The molecule has 0 heterocycles. The topological polar surface area (TPSA) is 63.2 Å². The summed E-state index contributed by atoms with van der Waals surface area (Å²) < 4.78 is 27.3. The average molecular weight is 331 g/mol. The van der Waals surface area contributed by atoms with Gasteiger partial charge in [0.05, 0.1) is 4.90 Å². The molecule has 0 bridgehead atoms. The predicted octanol–water partition coefficient (Wildman–Crippen LogP) is 4.20. The number of ketones is 1. The van der Waals surface area contributed by atoms with E-state index in [9.17, 15) is 13.2 Å². The molecule has 23 heavy (non-hydrogen) atoms. The minimum absolute atomic E-state index is 0.0949. The SMILES string of the molecule is CC[C@@H](C)c1ccc(NS(=O)(=O)c2ccc(C(C)=O)cc2)cc1. The van der Waals surface area contributed by atoms with E-state index in [1.807, 2.05) is 12.1 Å². The van der Waals surface area contributed by atoms with Gasteiger partial charge in [-0.25, -0.2) is 8.42 Å². The minimum Gasteiger partial charge on any atom is -0.295 e. The lowest BCUT2D eigenvalue weighted by Crippen LogP contribution is -2.13. The monoisotopic (exact) mass is 331 g/mol. The van der Waals surface area contributed by atoms with Crippen LogP contribution in [0.3, 0.4) is 0 Å². The standard InChI is InChI=1S/C18H21NO3S/c1-4-13(2)15-5-9-17(10-6-15)19-23(21,22)18-11-7-16(8-12-18)14(3)20/h5-13,19H,4H2,1-3H3/t13-/m1/s1. The molecule has 0 fully saturated rings. The Morgan fingerprint density at radius 1 is 1.04 bits per heavy atom. The number of hydrogen-bond donors (Lipinski definition) is 1. The van der Waals surface area contributed by atoms with Crippen molar-refractivity contribution in [3.63, 3.8) is 0 Å². The van der Waals surface area contributed by atoms with Crippen molar-refractivity contribution in [3.8, 4) is 0 Å². The lowest BCUT2D eigenvalue weighted by atomic mass is 9.99. The summed E-state index contributed by atoms with van der Waals surface area (Å²) in [7, 11) is -3.66. The Bertz CT molecular complexity index is 778. The summed E-state index contributed by atoms with van der Waals surface area (Å²) in [6.45, 7) is 5.70. The molecule has 1 atom stereocenters. The third-order valence-electron chi connectivity index (χ3n) is 3.92. The van der Waals surface area contributed by atoms with Crippen molar-refractivity contribution in [1.29, 1.82) is 0 Å². The lowest BCUT2D eigenvalue weighted by Gasteiger charge is -2.11. The third kappa shape index (κ3) is 4.20. The zero-order chi connectivity index (χ0) is 17.0. The first-order valence-corrected chi connectivity index (χ1v) is 9.05. The van der Waals surface area contributed by atoms with Gasteiger partial charge in [-0.05, 0) is 49.1 Å². The first kappa shape index (κ1) is 17.2. The second kappa shape index (κ2) is 6.96. The average Bonchev–Trinajstić information content (AvgIpc) is 2.54. The number of carbonyl (C=O) groups excluding carboxylic acids is 1. The molecule has 0 aliphatic rings. The third-order valence-corrected chi connectivity index (χ3v) is 5.31. The number of rotatable bonds is 6. The van der Waals surface area contributed by atoms with E-state index in [-0.39, 0.29) is 10.7 Å². The van der Waals surface area contributed by atoms with E-state index in [1.165, 1.54) is 36.8 Å². The zero-order valence-corrected chi connectivity index (χ0v) is 14.4. The van der Waals surface area contributed by atoms with Gasteiger partial charge >= 0.3 is 0 Å². The van der Waals surface area contributed by atoms with Crippen LogP contribution in [0.1, 0.15) is 49.0 Å². The Morgan fingerprint density at radius 2 is 1.61 bits per heavy atom. The molecule has 0 aliphatic carbocycles. The van der Waals surface area contributed by atoms with Crippen LogP contribution >= 0.6 is 0 Å². The highest BCUT2D eigenvalue weighted by molar-refractivity contribution is 7.92. The van der Waals surface area contributed by atoms with Crippen molar-refractivity contribution in [2.24, 2.45) is 0 Å². The molecule has 5 heteroatoms. The van der Waals surface area contributed by atoms with Crippen LogP contribution in [0.4, 0.5) is 5.69 Å². The van der Waals surface area contributed by atoms with Crippen LogP contribution in [0.2, 0.25) is 0 Å². The predicted molar refractivity (Wildman–Crippen MR) is 92.4 cm³/mol. The van der Waals surface area contributed by atoms with Crippen LogP contribution < -0.4 is 4.72 Å². The highest BCUT2D eigenvalue weighted by Crippen LogP contribution is 2.22. The first-order valence-electron chi connectivity index (χ1n) is 7.57. The fourth-order valence-corrected chi connectivity index (χ4v) is 3.26. The number of hydrogen-bond acceptors (Lipinski definition) is 3. The van der Waals surface area contributed by atoms with Gasteiger partial charge in [-0.1, -0.05) is 38.1 Å². The fraction of sp³-hybridized carbons (Fsp3) is 0.278. The maximum absolute atomic E-state index is 12.4. The Balaban J connectivity index is 2.19. The molecule has 2 aromatic rings. The lowest BCUT2D eigenvalue weighted by molar-refractivity contribution is 0.101. The molecular formula is C18H21NO3S. The van der Waals surface area contributed by atoms with Crippen molar-refractivity contribution in [1.82, 2.24) is 0 Å². The molecular weight excluding hydrogens is 310 g/mol. The van der Waals surface area contributed by atoms with Crippen molar-refractivity contribution in [3.05, 3.63) is 59.7 Å². The zero-order valence-electron chi connectivity index (χ0n) is 13.5. The Labute approximate surface area is 137 Å². The van der Waals surface area contributed by atoms with Gasteiger partial charge in [0.2, 0.25) is 0 Å². The molecule has 2 rings (SSSR count). The summed E-state index contributed by atoms with van der Waals surface area (Å²) in [5.41, 5.74) is 2.19. The summed E-state index contributed by atoms with van der Waals surface area (Å²) >= 11 is 0. The second-order valence-corrected chi connectivity index (χ2v) is 7.30. The van der Waals surface area contributed by atoms with Gasteiger partial charge in [-0.3, -0.25) is 9.52 Å². The molecule has 0 aliphatic heterocycles. The van der Waals surface area contributed by atoms with Crippen LogP contribution in [0.15, 0.2) is 53.4 Å². The number of benzene rings is 2. The van der Waals surface area contributed by atoms with Crippen LogP contribution in [0.5, 0.6) is 0 Å². The number of nitrogens with one attached hydrogen (secondary N) is 1. The summed E-state index contributed by atoms with van der Waals surface area (Å²) in [4.78, 5) is 11.4. The van der Waals surface area contributed by atoms with Gasteiger partial charge < -0.3 is 0 Å². The quantitative estimate of drug-likeness (QED) is 0.807. The van der Waals surface area contributed by atoms with E-state index in [4.69, 9.17) is 0 Å². The van der Waals surface area contributed by atoms with Gasteiger partial charge in [-0.2, -0.15) is 0 Å². The van der Waals surface area contributed by atoms with E-state index in [1.54, 1.807) is 12.1 Å². The number of Topliss-reactive ketones (excluding diaryl/α,β-unsaturated/α-hetero) is 1. The number of anilines is 1. The number of sulfonamides is 1. The molecule has 0 saturated carbocycles. The maximum atomic E-state index is 12.4. The van der Waals surface area contributed by atoms with E-state index in [0.29, 0.717) is 17.2 Å². The first-order chi connectivity index (χ1) is 10.8. The fourth-order valence-electron chi connectivity index (χ4n) is 2.20. The van der Waals surface area contributed by atoms with E-state index < -0.39 is 10.0 Å². The molecule has 0 saturated heterocycles. The Kier molecular flexibility index (Phi) is 5.21. The molecule has 0 unspecified atom stereocenters. The molecule has 1 N–H and O–H groups in total. The van der Waals surface area contributed by atoms with Crippen LogP contribution in [0.25, 0.3) is 0 Å². The van der Waals surface area contributed by atoms with Crippen molar-refractivity contribution in [2.45, 2.75) is 38.0 Å². The molecule has 0 amide bonds. The van der Waals surface area contributed by atoms with Crippen molar-refractivity contribution in [2.75, 3.05) is 4.72 Å². The molecule has 0 aromatic heterocycles. The van der Waals surface area contributed by atoms with Gasteiger partial charge in [0.15, 0.2) is 5.78 Å². The maximum Gasteiger partial charge on any atom is 0.261 e. The summed E-state index contributed by atoms with van der Waals surface area (Å²) in [6.07, 6.45) is 1.04. The highest BCUT2D eigenvalue weighted by atomic mass is 32.2. The van der Waals surface area contributed by atoms with E-state index >= 15 is 0 Å². The molecule has 0 spiro atoms. The van der Waals surface area contributed by atoms with Crippen molar-refractivity contribution >= 4 is 21.5 Å². The van der Waals surface area contributed by atoms with Crippen LogP contribution in [-0.4, -0.2) is 14.2 Å².